The first-order chi connectivity index (χ1) is 6.19. The van der Waals surface area contributed by atoms with E-state index in [1.807, 2.05) is 0 Å². The average Bonchev–Trinajstić information content (AvgIpc) is 2.02. The molecule has 0 fully saturated rings. The quantitative estimate of drug-likeness (QED) is 0.627. The Morgan fingerprint density at radius 1 is 1.57 bits per heavy atom. The van der Waals surface area contributed by atoms with Crippen molar-refractivity contribution in [1.29, 1.82) is 5.26 Å². The molecule has 0 aliphatic rings. The van der Waals surface area contributed by atoms with Crippen LogP contribution in [0.2, 0.25) is 0 Å². The summed E-state index contributed by atoms with van der Waals surface area (Å²) in [4.78, 5) is 11.2. The smallest absolute Gasteiger partial charge is 0.239 e. The van der Waals surface area contributed by atoms with E-state index in [9.17, 15) is 13.2 Å². The van der Waals surface area contributed by atoms with E-state index in [1.165, 1.54) is 13.8 Å². The summed E-state index contributed by atoms with van der Waals surface area (Å²) in [7, 11) is -3.57. The molecule has 0 aromatic heterocycles. The Morgan fingerprint density at radius 2 is 2.07 bits per heavy atom. The molecule has 0 radical (unpaired) electrons. The van der Waals surface area contributed by atoms with E-state index in [4.69, 9.17) is 10.4 Å². The summed E-state index contributed by atoms with van der Waals surface area (Å²) in [6.45, 7) is 2.81. The molecule has 0 aliphatic carbocycles. The van der Waals surface area contributed by atoms with Crippen LogP contribution in [0, 0.1) is 16.7 Å². The number of carbonyl (C=O) groups excluding carboxylic acids is 1. The fraction of sp³-hybridized carbons (Fsp3) is 0.714. The molecule has 0 heterocycles. The molecule has 1 amide bonds. The van der Waals surface area contributed by atoms with Crippen molar-refractivity contribution in [2.24, 2.45) is 10.6 Å². The van der Waals surface area contributed by atoms with Gasteiger partial charge in [-0.25, -0.2) is 13.6 Å². The Hall–Kier alpha value is -1.13. The molecule has 0 rings (SSSR count). The average molecular weight is 219 g/mol. The van der Waals surface area contributed by atoms with Gasteiger partial charge < -0.3 is 5.32 Å². The van der Waals surface area contributed by atoms with Crippen LogP contribution in [-0.2, 0) is 14.8 Å². The van der Waals surface area contributed by atoms with Gasteiger partial charge in [-0.2, -0.15) is 5.26 Å². The van der Waals surface area contributed by atoms with Crippen molar-refractivity contribution in [2.45, 2.75) is 13.8 Å². The van der Waals surface area contributed by atoms with Gasteiger partial charge in [-0.15, -0.1) is 0 Å². The number of sulfonamides is 1. The van der Waals surface area contributed by atoms with Crippen LogP contribution in [0.4, 0.5) is 0 Å². The Balaban J connectivity index is 4.07. The highest BCUT2D eigenvalue weighted by Crippen LogP contribution is 2.12. The van der Waals surface area contributed by atoms with Crippen molar-refractivity contribution < 1.29 is 13.2 Å². The van der Waals surface area contributed by atoms with E-state index >= 15 is 0 Å². The van der Waals surface area contributed by atoms with Crippen LogP contribution < -0.4 is 10.5 Å². The fourth-order valence-corrected chi connectivity index (χ4v) is 0.965. The number of nitrogens with two attached hydrogens (primary N) is 1. The van der Waals surface area contributed by atoms with Gasteiger partial charge >= 0.3 is 0 Å². The molecule has 80 valence electrons. The molecule has 0 aromatic carbocycles. The third-order valence-electron chi connectivity index (χ3n) is 1.52. The van der Waals surface area contributed by atoms with E-state index in [1.54, 1.807) is 6.07 Å². The molecule has 6 nitrogen and oxygen atoms in total. The Labute approximate surface area is 83.1 Å². The van der Waals surface area contributed by atoms with Gasteiger partial charge in [-0.1, -0.05) is 0 Å². The standard InChI is InChI=1S/C7H13N3O3S/c1-7(2,5-8)6(11)10-3-4-14(9,12)13/h3-4H2,1-2H3,(H,10,11)(H2,9,12,13). The summed E-state index contributed by atoms with van der Waals surface area (Å²) in [5, 5.41) is 15.6. The zero-order valence-electron chi connectivity index (χ0n) is 8.07. The molecule has 3 N–H and O–H groups in total. The molecule has 0 saturated heterocycles. The van der Waals surface area contributed by atoms with Gasteiger partial charge in [0, 0.05) is 6.54 Å². The topological polar surface area (TPSA) is 113 Å². The number of primary sulfonamides is 1. The molecule has 0 saturated carbocycles. The van der Waals surface area contributed by atoms with Crippen molar-refractivity contribution in [1.82, 2.24) is 5.32 Å². The molecular formula is C7H13N3O3S. The first kappa shape index (κ1) is 12.9. The normalized spacial score (nSPS) is 11.9. The van der Waals surface area contributed by atoms with Gasteiger partial charge in [0.2, 0.25) is 15.9 Å². The van der Waals surface area contributed by atoms with Crippen molar-refractivity contribution in [3.63, 3.8) is 0 Å². The molecule has 0 spiro atoms. The third-order valence-corrected chi connectivity index (χ3v) is 2.29. The highest BCUT2D eigenvalue weighted by molar-refractivity contribution is 7.89. The lowest BCUT2D eigenvalue weighted by molar-refractivity contribution is -0.126. The van der Waals surface area contributed by atoms with Crippen LogP contribution in [0.15, 0.2) is 0 Å². The minimum atomic E-state index is -3.57. The van der Waals surface area contributed by atoms with Gasteiger partial charge in [0.05, 0.1) is 11.8 Å². The Bertz CT molecular complexity index is 353. The molecule has 0 aliphatic heterocycles. The molecule has 0 atom stereocenters. The summed E-state index contributed by atoms with van der Waals surface area (Å²) < 4.78 is 21.0. The SMILES string of the molecule is CC(C)(C#N)C(=O)NCCS(N)(=O)=O. The monoisotopic (exact) mass is 219 g/mol. The van der Waals surface area contributed by atoms with Crippen LogP contribution in [-0.4, -0.2) is 26.6 Å². The molecule has 7 heteroatoms. The summed E-state index contributed by atoms with van der Waals surface area (Å²) >= 11 is 0. The number of hydrogen-bond acceptors (Lipinski definition) is 4. The van der Waals surface area contributed by atoms with Crippen molar-refractivity contribution in [3.05, 3.63) is 0 Å². The van der Waals surface area contributed by atoms with E-state index in [2.05, 4.69) is 5.32 Å². The summed E-state index contributed by atoms with van der Waals surface area (Å²) in [6.07, 6.45) is 0. The van der Waals surface area contributed by atoms with Crippen LogP contribution in [0.25, 0.3) is 0 Å². The maximum absolute atomic E-state index is 11.2. The number of hydrogen-bond donors (Lipinski definition) is 2. The van der Waals surface area contributed by atoms with E-state index < -0.39 is 21.3 Å². The third kappa shape index (κ3) is 4.79. The summed E-state index contributed by atoms with van der Waals surface area (Å²) in [5.41, 5.74) is -1.15. The minimum absolute atomic E-state index is 0.0806. The van der Waals surface area contributed by atoms with Crippen LogP contribution >= 0.6 is 0 Å². The second kappa shape index (κ2) is 4.39. The number of amides is 1. The van der Waals surface area contributed by atoms with Crippen molar-refractivity contribution >= 4 is 15.9 Å². The van der Waals surface area contributed by atoms with E-state index in [0.717, 1.165) is 0 Å². The molecule has 0 bridgehead atoms. The number of nitrogens with one attached hydrogen (secondary N) is 1. The Morgan fingerprint density at radius 3 is 2.43 bits per heavy atom. The Kier molecular flexibility index (Phi) is 4.04. The predicted octanol–water partition coefficient (Wildman–Crippen LogP) is -1.06. The maximum Gasteiger partial charge on any atom is 0.239 e. The predicted molar refractivity (Wildman–Crippen MR) is 50.4 cm³/mol. The second-order valence-corrected chi connectivity index (χ2v) is 5.09. The largest absolute Gasteiger partial charge is 0.354 e. The zero-order valence-corrected chi connectivity index (χ0v) is 8.89. The van der Waals surface area contributed by atoms with Crippen molar-refractivity contribution in [3.8, 4) is 6.07 Å². The molecule has 0 aromatic rings. The number of nitriles is 1. The molecule has 14 heavy (non-hydrogen) atoms. The van der Waals surface area contributed by atoms with Crippen LogP contribution in [0.1, 0.15) is 13.8 Å². The van der Waals surface area contributed by atoms with Crippen molar-refractivity contribution in [2.75, 3.05) is 12.3 Å². The lowest BCUT2D eigenvalue weighted by Gasteiger charge is -2.14. The molecular weight excluding hydrogens is 206 g/mol. The number of carbonyl (C=O) groups is 1. The minimum Gasteiger partial charge on any atom is -0.354 e. The van der Waals surface area contributed by atoms with Gasteiger partial charge in [0.1, 0.15) is 5.41 Å². The highest BCUT2D eigenvalue weighted by Gasteiger charge is 2.26. The fourth-order valence-electron chi connectivity index (χ4n) is 0.579. The maximum atomic E-state index is 11.2. The lowest BCUT2D eigenvalue weighted by atomic mass is 9.95. The van der Waals surface area contributed by atoms with Gasteiger partial charge in [-0.05, 0) is 13.8 Å². The van der Waals surface area contributed by atoms with Gasteiger partial charge in [0.15, 0.2) is 0 Å². The first-order valence-corrected chi connectivity index (χ1v) is 5.60. The first-order valence-electron chi connectivity index (χ1n) is 3.89. The number of rotatable bonds is 4. The lowest BCUT2D eigenvalue weighted by Crippen LogP contribution is -2.39. The summed E-state index contributed by atoms with van der Waals surface area (Å²) in [5.74, 6) is -0.844. The molecule has 0 unspecified atom stereocenters. The van der Waals surface area contributed by atoms with Gasteiger partial charge in [-0.3, -0.25) is 4.79 Å². The van der Waals surface area contributed by atoms with E-state index in [0.29, 0.717) is 0 Å². The van der Waals surface area contributed by atoms with E-state index in [-0.39, 0.29) is 12.3 Å². The van der Waals surface area contributed by atoms with Crippen LogP contribution in [0.3, 0.4) is 0 Å². The van der Waals surface area contributed by atoms with Gasteiger partial charge in [0.25, 0.3) is 0 Å². The second-order valence-electron chi connectivity index (χ2n) is 3.36. The highest BCUT2D eigenvalue weighted by atomic mass is 32.2. The van der Waals surface area contributed by atoms with Crippen LogP contribution in [0.5, 0.6) is 0 Å². The number of nitrogens with zero attached hydrogens (tertiary/aromatic N) is 1. The summed E-state index contributed by atoms with van der Waals surface area (Å²) in [6, 6.07) is 1.80. The zero-order chi connectivity index (χ0) is 11.4.